The van der Waals surface area contributed by atoms with Gasteiger partial charge in [-0.2, -0.15) is 5.10 Å². The summed E-state index contributed by atoms with van der Waals surface area (Å²) < 4.78 is 7.24. The predicted molar refractivity (Wildman–Crippen MR) is 221 cm³/mol. The first-order valence-electron chi connectivity index (χ1n) is 18.7. The number of hydrogen-bond acceptors (Lipinski definition) is 6. The molecule has 12 heteroatoms. The lowest BCUT2D eigenvalue weighted by molar-refractivity contribution is -0.118. The van der Waals surface area contributed by atoms with Gasteiger partial charge in [-0.25, -0.2) is 9.48 Å². The quantitative estimate of drug-likeness (QED) is 0.121. The molecule has 0 saturated heterocycles. The number of anilines is 3. The zero-order chi connectivity index (χ0) is 40.0. The number of carbonyl (C=O) groups is 4. The zero-order valence-corrected chi connectivity index (χ0v) is 31.2. The van der Waals surface area contributed by atoms with Gasteiger partial charge in [-0.3, -0.25) is 19.3 Å². The van der Waals surface area contributed by atoms with Crippen LogP contribution in [0.15, 0.2) is 158 Å². The topological polar surface area (TPSA) is 146 Å². The number of nitrogens with zero attached hydrogens (tertiary/aromatic N) is 4. The molecule has 6 aromatic carbocycles. The second-order valence-electron chi connectivity index (χ2n) is 13.7. The molecule has 0 saturated carbocycles. The summed E-state index contributed by atoms with van der Waals surface area (Å²) in [7, 11) is 0. The van der Waals surface area contributed by atoms with Gasteiger partial charge in [-0.15, -0.1) is 0 Å². The second kappa shape index (κ2) is 16.6. The molecular formula is C46H38N6O6. The number of benzene rings is 6. The van der Waals surface area contributed by atoms with Gasteiger partial charge in [0.25, 0.3) is 17.7 Å². The summed E-state index contributed by atoms with van der Waals surface area (Å²) in [6, 6.07) is 47.0. The Morgan fingerprint density at radius 2 is 1.36 bits per heavy atom. The lowest BCUT2D eigenvalue weighted by Gasteiger charge is -2.37. The minimum absolute atomic E-state index is 0.00382. The van der Waals surface area contributed by atoms with E-state index in [9.17, 15) is 19.5 Å². The van der Waals surface area contributed by atoms with Gasteiger partial charge in [-0.05, 0) is 78.2 Å². The van der Waals surface area contributed by atoms with Crippen molar-refractivity contribution in [3.63, 3.8) is 0 Å². The SMILES string of the molecule is O=C(O)NC[C@@H]1Cc2ccccc2CN1C(=O)c1cc(NC(=O)COc2ccccc2)ccc1-n1nc(C(=O)N(c2ccccc2)c2ccccc2)c2ccccc21. The molecule has 0 unspecified atom stereocenters. The van der Waals surface area contributed by atoms with Crippen LogP contribution in [0, 0.1) is 0 Å². The Hall–Kier alpha value is -7.73. The standard InChI is InChI=1S/C46H38N6O6/c53-42(30-58-37-20-8-3-9-21-37)48-33-24-25-41(39(27-33)44(54)50-29-32-15-11-10-14-31(32)26-36(50)28-47-46(56)57)52-40-23-13-12-22-38(40)43(49-52)45(55)51(34-16-4-1-5-17-34)35-18-6-2-7-19-35/h1-25,27,36,47H,26,28-30H2,(H,48,53)(H,56,57)/t36-/m0/s1. The number of carboxylic acid groups (broad SMARTS) is 1. The van der Waals surface area contributed by atoms with Crippen molar-refractivity contribution in [2.24, 2.45) is 0 Å². The number of hydrogen-bond donors (Lipinski definition) is 3. The summed E-state index contributed by atoms with van der Waals surface area (Å²) in [5.74, 6) is -0.704. The average Bonchev–Trinajstić information content (AvgIpc) is 3.65. The first-order chi connectivity index (χ1) is 28.3. The number of nitrogens with one attached hydrogen (secondary N) is 2. The Labute approximate surface area is 333 Å². The van der Waals surface area contributed by atoms with Crippen LogP contribution in [0.25, 0.3) is 16.6 Å². The number of para-hydroxylation sites is 4. The van der Waals surface area contributed by atoms with Crippen LogP contribution in [-0.2, 0) is 17.8 Å². The molecule has 0 aliphatic carbocycles. The smallest absolute Gasteiger partial charge is 0.404 e. The van der Waals surface area contributed by atoms with Crippen molar-refractivity contribution in [1.29, 1.82) is 0 Å². The van der Waals surface area contributed by atoms with E-state index in [1.807, 2.05) is 115 Å². The maximum absolute atomic E-state index is 15.1. The molecule has 0 bridgehead atoms. The molecule has 2 heterocycles. The summed E-state index contributed by atoms with van der Waals surface area (Å²) in [6.45, 7) is -0.0553. The molecule has 0 spiro atoms. The lowest BCUT2D eigenvalue weighted by Crippen LogP contribution is -2.50. The summed E-state index contributed by atoms with van der Waals surface area (Å²) in [4.78, 5) is 57.9. The van der Waals surface area contributed by atoms with E-state index >= 15 is 4.79 Å². The molecule has 1 atom stereocenters. The predicted octanol–water partition coefficient (Wildman–Crippen LogP) is 7.86. The minimum atomic E-state index is -1.20. The van der Waals surface area contributed by atoms with Gasteiger partial charge in [-0.1, -0.05) is 97.1 Å². The van der Waals surface area contributed by atoms with E-state index in [2.05, 4.69) is 10.6 Å². The number of amides is 4. The van der Waals surface area contributed by atoms with E-state index in [0.29, 0.717) is 45.8 Å². The molecule has 1 aliphatic rings. The van der Waals surface area contributed by atoms with E-state index in [1.165, 1.54) is 0 Å². The van der Waals surface area contributed by atoms with Crippen LogP contribution in [0.5, 0.6) is 5.75 Å². The Balaban J connectivity index is 1.23. The molecule has 288 valence electrons. The van der Waals surface area contributed by atoms with Gasteiger partial charge in [0.05, 0.1) is 22.8 Å². The molecule has 1 aliphatic heterocycles. The fourth-order valence-electron chi connectivity index (χ4n) is 7.25. The van der Waals surface area contributed by atoms with Crippen molar-refractivity contribution in [1.82, 2.24) is 20.0 Å². The Morgan fingerprint density at radius 1 is 0.741 bits per heavy atom. The summed E-state index contributed by atoms with van der Waals surface area (Å²) >= 11 is 0. The second-order valence-corrected chi connectivity index (χ2v) is 13.7. The van der Waals surface area contributed by atoms with E-state index in [4.69, 9.17) is 9.84 Å². The van der Waals surface area contributed by atoms with E-state index < -0.39 is 23.9 Å². The summed E-state index contributed by atoms with van der Waals surface area (Å²) in [6.07, 6.45) is -0.780. The van der Waals surface area contributed by atoms with Crippen molar-refractivity contribution < 1.29 is 29.0 Å². The lowest BCUT2D eigenvalue weighted by atomic mass is 9.93. The molecule has 58 heavy (non-hydrogen) atoms. The average molecular weight is 771 g/mol. The van der Waals surface area contributed by atoms with Gasteiger partial charge in [0.1, 0.15) is 5.75 Å². The molecule has 4 amide bonds. The van der Waals surface area contributed by atoms with Gasteiger partial charge in [0.15, 0.2) is 12.3 Å². The third-order valence-electron chi connectivity index (χ3n) is 9.98. The van der Waals surface area contributed by atoms with Crippen LogP contribution in [0.1, 0.15) is 32.0 Å². The molecule has 8 rings (SSSR count). The van der Waals surface area contributed by atoms with Gasteiger partial charge in [0, 0.05) is 35.5 Å². The van der Waals surface area contributed by atoms with E-state index in [1.54, 1.807) is 56.9 Å². The molecular weight excluding hydrogens is 733 g/mol. The normalized spacial score (nSPS) is 13.3. The fraction of sp³-hybridized carbons (Fsp3) is 0.109. The third kappa shape index (κ3) is 7.84. The van der Waals surface area contributed by atoms with Crippen LogP contribution in [0.4, 0.5) is 21.9 Å². The van der Waals surface area contributed by atoms with Gasteiger partial charge < -0.3 is 25.4 Å². The van der Waals surface area contributed by atoms with E-state index in [0.717, 1.165) is 11.1 Å². The number of rotatable bonds is 11. The highest BCUT2D eigenvalue weighted by atomic mass is 16.5. The first kappa shape index (κ1) is 37.2. The molecule has 3 N–H and O–H groups in total. The maximum Gasteiger partial charge on any atom is 0.404 e. The number of carbonyl (C=O) groups excluding carboxylic acids is 3. The van der Waals surface area contributed by atoms with Gasteiger partial charge >= 0.3 is 6.09 Å². The molecule has 1 aromatic heterocycles. The highest BCUT2D eigenvalue weighted by Gasteiger charge is 2.33. The third-order valence-corrected chi connectivity index (χ3v) is 9.98. The minimum Gasteiger partial charge on any atom is -0.484 e. The highest BCUT2D eigenvalue weighted by molar-refractivity contribution is 6.16. The molecule has 0 fully saturated rings. The zero-order valence-electron chi connectivity index (χ0n) is 31.2. The van der Waals surface area contributed by atoms with E-state index in [-0.39, 0.29) is 36.9 Å². The van der Waals surface area contributed by atoms with Crippen molar-refractivity contribution in [3.8, 4) is 11.4 Å². The monoisotopic (exact) mass is 770 g/mol. The van der Waals surface area contributed by atoms with Crippen LogP contribution < -0.4 is 20.3 Å². The maximum atomic E-state index is 15.1. The van der Waals surface area contributed by atoms with Crippen LogP contribution >= 0.6 is 0 Å². The largest absolute Gasteiger partial charge is 0.484 e. The van der Waals surface area contributed by atoms with Crippen LogP contribution in [-0.4, -0.2) is 62.8 Å². The molecule has 7 aromatic rings. The van der Waals surface area contributed by atoms with Crippen molar-refractivity contribution in [2.45, 2.75) is 19.0 Å². The Morgan fingerprint density at radius 3 is 2.05 bits per heavy atom. The molecule has 0 radical (unpaired) electrons. The Bertz CT molecular complexity index is 2580. The fourth-order valence-corrected chi connectivity index (χ4v) is 7.25. The Kier molecular flexibility index (Phi) is 10.6. The number of fused-ring (bicyclic) bond motifs is 2. The van der Waals surface area contributed by atoms with Crippen molar-refractivity contribution >= 4 is 51.8 Å². The van der Waals surface area contributed by atoms with Crippen LogP contribution in [0.2, 0.25) is 0 Å². The first-order valence-corrected chi connectivity index (χ1v) is 18.7. The highest BCUT2D eigenvalue weighted by Crippen LogP contribution is 2.33. The number of aromatic nitrogens is 2. The van der Waals surface area contributed by atoms with Gasteiger partial charge in [0.2, 0.25) is 0 Å². The van der Waals surface area contributed by atoms with Crippen molar-refractivity contribution in [3.05, 3.63) is 180 Å². The summed E-state index contributed by atoms with van der Waals surface area (Å²) in [5.41, 5.74) is 4.85. The molecule has 12 nitrogen and oxygen atoms in total. The number of ether oxygens (including phenoxy) is 1. The van der Waals surface area contributed by atoms with Crippen LogP contribution in [0.3, 0.4) is 0 Å². The summed E-state index contributed by atoms with van der Waals surface area (Å²) in [5, 5.41) is 20.4. The van der Waals surface area contributed by atoms with Crippen molar-refractivity contribution in [2.75, 3.05) is 23.4 Å².